The maximum Gasteiger partial charge on any atom is 0.123 e. The van der Waals surface area contributed by atoms with E-state index in [1.54, 1.807) is 12.1 Å². The zero-order chi connectivity index (χ0) is 9.26. The Morgan fingerprint density at radius 3 is 2.71 bits per heavy atom. The van der Waals surface area contributed by atoms with Crippen LogP contribution in [0.3, 0.4) is 0 Å². The van der Waals surface area contributed by atoms with Gasteiger partial charge in [0.25, 0.3) is 0 Å². The smallest absolute Gasteiger partial charge is 0.123 e. The maximum atomic E-state index is 13.2. The van der Waals surface area contributed by atoms with Gasteiger partial charge in [-0.2, -0.15) is 0 Å². The molecule has 1 fully saturated rings. The summed E-state index contributed by atoms with van der Waals surface area (Å²) in [6.07, 6.45) is -0.372. The van der Waals surface area contributed by atoms with E-state index < -0.39 is 6.17 Å². The molecule has 1 aliphatic heterocycles. The van der Waals surface area contributed by atoms with E-state index in [1.807, 2.05) is 0 Å². The Labute approximate surface area is 87.9 Å². The molecule has 0 bridgehead atoms. The van der Waals surface area contributed by atoms with Gasteiger partial charge in [-0.15, -0.1) is 12.4 Å². The van der Waals surface area contributed by atoms with Gasteiger partial charge in [-0.3, -0.25) is 0 Å². The fourth-order valence-electron chi connectivity index (χ4n) is 1.70. The Bertz CT molecular complexity index is 306. The standard InChI is InChI=1S/C10H11F2N.ClH/c11-8-3-1-2-7(6-8)10-9(12)4-5-13-10;/h1-3,6,9-10,13H,4-5H2;1H. The van der Waals surface area contributed by atoms with Crippen molar-refractivity contribution in [3.63, 3.8) is 0 Å². The van der Waals surface area contributed by atoms with Gasteiger partial charge in [0.2, 0.25) is 0 Å². The van der Waals surface area contributed by atoms with Gasteiger partial charge in [0.1, 0.15) is 12.0 Å². The molecule has 2 unspecified atom stereocenters. The molecule has 1 aliphatic rings. The third-order valence-corrected chi connectivity index (χ3v) is 2.35. The van der Waals surface area contributed by atoms with Crippen LogP contribution in [0.25, 0.3) is 0 Å². The minimum atomic E-state index is -0.887. The first-order valence-electron chi connectivity index (χ1n) is 4.40. The van der Waals surface area contributed by atoms with Crippen LogP contribution in [-0.2, 0) is 0 Å². The van der Waals surface area contributed by atoms with E-state index in [2.05, 4.69) is 5.32 Å². The lowest BCUT2D eigenvalue weighted by Gasteiger charge is -2.13. The average molecular weight is 220 g/mol. The molecule has 1 aromatic carbocycles. The van der Waals surface area contributed by atoms with Crippen molar-refractivity contribution in [1.82, 2.24) is 5.32 Å². The van der Waals surface area contributed by atoms with Crippen molar-refractivity contribution in [2.45, 2.75) is 18.6 Å². The van der Waals surface area contributed by atoms with Gasteiger partial charge in [0.05, 0.1) is 6.04 Å². The Hall–Kier alpha value is -0.670. The molecule has 78 valence electrons. The second-order valence-corrected chi connectivity index (χ2v) is 3.29. The van der Waals surface area contributed by atoms with Gasteiger partial charge in [-0.25, -0.2) is 8.78 Å². The molecule has 0 spiro atoms. The van der Waals surface area contributed by atoms with E-state index in [4.69, 9.17) is 0 Å². The van der Waals surface area contributed by atoms with Crippen LogP contribution in [0.15, 0.2) is 24.3 Å². The molecular weight excluding hydrogens is 208 g/mol. The first-order valence-corrected chi connectivity index (χ1v) is 4.40. The molecule has 1 saturated heterocycles. The molecule has 0 radical (unpaired) electrons. The van der Waals surface area contributed by atoms with E-state index in [0.29, 0.717) is 18.5 Å². The predicted octanol–water partition coefficient (Wildman–Crippen LogP) is 2.62. The largest absolute Gasteiger partial charge is 0.307 e. The topological polar surface area (TPSA) is 12.0 Å². The van der Waals surface area contributed by atoms with Crippen molar-refractivity contribution in [3.05, 3.63) is 35.6 Å². The molecule has 1 aromatic rings. The number of hydrogen-bond acceptors (Lipinski definition) is 1. The molecule has 1 heterocycles. The molecular formula is C10H12ClF2N. The second kappa shape index (κ2) is 4.71. The number of hydrogen-bond donors (Lipinski definition) is 1. The zero-order valence-corrected chi connectivity index (χ0v) is 8.36. The van der Waals surface area contributed by atoms with Gasteiger partial charge >= 0.3 is 0 Å². The zero-order valence-electron chi connectivity index (χ0n) is 7.54. The van der Waals surface area contributed by atoms with Crippen molar-refractivity contribution in [2.75, 3.05) is 6.54 Å². The Kier molecular flexibility index (Phi) is 3.84. The highest BCUT2D eigenvalue weighted by atomic mass is 35.5. The van der Waals surface area contributed by atoms with E-state index in [9.17, 15) is 8.78 Å². The Morgan fingerprint density at radius 1 is 1.36 bits per heavy atom. The van der Waals surface area contributed by atoms with Crippen molar-refractivity contribution in [1.29, 1.82) is 0 Å². The third-order valence-electron chi connectivity index (χ3n) is 2.35. The first kappa shape index (κ1) is 11.4. The summed E-state index contributed by atoms with van der Waals surface area (Å²) in [6, 6.07) is 5.78. The van der Waals surface area contributed by atoms with Crippen LogP contribution in [0.2, 0.25) is 0 Å². The number of alkyl halides is 1. The Morgan fingerprint density at radius 2 is 2.14 bits per heavy atom. The number of nitrogens with one attached hydrogen (secondary N) is 1. The van der Waals surface area contributed by atoms with Crippen molar-refractivity contribution < 1.29 is 8.78 Å². The molecule has 0 amide bonds. The summed E-state index contributed by atoms with van der Waals surface area (Å²) in [5, 5.41) is 3.01. The van der Waals surface area contributed by atoms with Crippen LogP contribution in [0.4, 0.5) is 8.78 Å². The number of rotatable bonds is 1. The van der Waals surface area contributed by atoms with Crippen LogP contribution in [0.1, 0.15) is 18.0 Å². The van der Waals surface area contributed by atoms with Gasteiger partial charge in [-0.05, 0) is 30.7 Å². The summed E-state index contributed by atoms with van der Waals surface area (Å²) in [6.45, 7) is 0.669. The van der Waals surface area contributed by atoms with Crippen LogP contribution in [0, 0.1) is 5.82 Å². The highest BCUT2D eigenvalue weighted by Gasteiger charge is 2.27. The molecule has 14 heavy (non-hydrogen) atoms. The van der Waals surface area contributed by atoms with Crippen molar-refractivity contribution in [2.24, 2.45) is 0 Å². The summed E-state index contributed by atoms with van der Waals surface area (Å²) < 4.78 is 26.0. The lowest BCUT2D eigenvalue weighted by Crippen LogP contribution is -2.18. The summed E-state index contributed by atoms with van der Waals surface area (Å²) in [5.74, 6) is -0.307. The highest BCUT2D eigenvalue weighted by molar-refractivity contribution is 5.85. The number of halogens is 3. The van der Waals surface area contributed by atoms with Gasteiger partial charge in [0, 0.05) is 0 Å². The summed E-state index contributed by atoms with van der Waals surface area (Å²) in [5.41, 5.74) is 0.699. The Balaban J connectivity index is 0.000000980. The highest BCUT2D eigenvalue weighted by Crippen LogP contribution is 2.26. The van der Waals surface area contributed by atoms with E-state index in [-0.39, 0.29) is 24.3 Å². The second-order valence-electron chi connectivity index (χ2n) is 3.29. The van der Waals surface area contributed by atoms with E-state index in [1.165, 1.54) is 12.1 Å². The number of benzene rings is 1. The first-order chi connectivity index (χ1) is 6.27. The van der Waals surface area contributed by atoms with E-state index in [0.717, 1.165) is 0 Å². The molecule has 0 saturated carbocycles. The quantitative estimate of drug-likeness (QED) is 0.766. The lowest BCUT2D eigenvalue weighted by molar-refractivity contribution is 0.304. The molecule has 0 aliphatic carbocycles. The third kappa shape index (κ3) is 2.22. The van der Waals surface area contributed by atoms with Gasteiger partial charge in [-0.1, -0.05) is 12.1 Å². The molecule has 1 nitrogen and oxygen atoms in total. The summed E-state index contributed by atoms with van der Waals surface area (Å²) in [7, 11) is 0. The fraction of sp³-hybridized carbons (Fsp3) is 0.400. The van der Waals surface area contributed by atoms with E-state index >= 15 is 0 Å². The monoisotopic (exact) mass is 219 g/mol. The maximum absolute atomic E-state index is 13.2. The lowest BCUT2D eigenvalue weighted by atomic mass is 10.0. The van der Waals surface area contributed by atoms with Gasteiger partial charge in [0.15, 0.2) is 0 Å². The average Bonchev–Trinajstić information content (AvgIpc) is 2.51. The molecule has 4 heteroatoms. The molecule has 0 aromatic heterocycles. The minimum Gasteiger partial charge on any atom is -0.307 e. The van der Waals surface area contributed by atoms with Crippen LogP contribution >= 0.6 is 12.4 Å². The molecule has 1 N–H and O–H groups in total. The normalized spacial score (nSPS) is 25.9. The summed E-state index contributed by atoms with van der Waals surface area (Å²) in [4.78, 5) is 0. The summed E-state index contributed by atoms with van der Waals surface area (Å²) >= 11 is 0. The van der Waals surface area contributed by atoms with Gasteiger partial charge < -0.3 is 5.32 Å². The fourth-order valence-corrected chi connectivity index (χ4v) is 1.70. The van der Waals surface area contributed by atoms with Crippen molar-refractivity contribution in [3.8, 4) is 0 Å². The van der Waals surface area contributed by atoms with Crippen LogP contribution < -0.4 is 5.32 Å². The van der Waals surface area contributed by atoms with Crippen molar-refractivity contribution >= 4 is 12.4 Å². The van der Waals surface area contributed by atoms with Crippen LogP contribution in [0.5, 0.6) is 0 Å². The predicted molar refractivity (Wildman–Crippen MR) is 53.9 cm³/mol. The van der Waals surface area contributed by atoms with Crippen LogP contribution in [-0.4, -0.2) is 12.7 Å². The minimum absolute atomic E-state index is 0. The molecule has 2 rings (SSSR count). The molecule has 2 atom stereocenters. The SMILES string of the molecule is Cl.Fc1cccc(C2NCCC2F)c1.